The third-order valence-electron chi connectivity index (χ3n) is 3.37. The highest BCUT2D eigenvalue weighted by atomic mass is 79.9. The lowest BCUT2D eigenvalue weighted by Gasteiger charge is -2.21. The Morgan fingerprint density at radius 1 is 1.22 bits per heavy atom. The minimum atomic E-state index is -0.211. The van der Waals surface area contributed by atoms with Gasteiger partial charge in [0.1, 0.15) is 6.54 Å². The van der Waals surface area contributed by atoms with Crippen LogP contribution in [0.25, 0.3) is 0 Å². The van der Waals surface area contributed by atoms with Gasteiger partial charge in [0, 0.05) is 36.0 Å². The van der Waals surface area contributed by atoms with Crippen LogP contribution in [0.4, 0.5) is 5.69 Å². The summed E-state index contributed by atoms with van der Waals surface area (Å²) in [6, 6.07) is 9.23. The Morgan fingerprint density at radius 3 is 2.52 bits per heavy atom. The van der Waals surface area contributed by atoms with Crippen LogP contribution in [-0.2, 0) is 16.1 Å². The predicted octanol–water partition coefficient (Wildman–Crippen LogP) is 2.82. The number of hydrogen-bond acceptors (Lipinski definition) is 3. The normalized spacial score (nSPS) is 10.2. The zero-order valence-electron chi connectivity index (χ0n) is 13.0. The molecule has 2 amide bonds. The Labute approximate surface area is 143 Å². The molecule has 1 aromatic heterocycles. The van der Waals surface area contributed by atoms with E-state index >= 15 is 0 Å². The van der Waals surface area contributed by atoms with E-state index in [2.05, 4.69) is 26.2 Å². The third-order valence-corrected chi connectivity index (χ3v) is 4.26. The number of hydrogen-bond donors (Lipinski definition) is 1. The lowest BCUT2D eigenvalue weighted by Crippen LogP contribution is -2.39. The van der Waals surface area contributed by atoms with Crippen molar-refractivity contribution in [3.8, 4) is 0 Å². The zero-order valence-corrected chi connectivity index (χ0v) is 14.6. The highest BCUT2D eigenvalue weighted by molar-refractivity contribution is 9.10. The molecule has 0 saturated carbocycles. The molecule has 1 heterocycles. The number of aromatic nitrogens is 1. The van der Waals surface area contributed by atoms with E-state index in [4.69, 9.17) is 0 Å². The first-order valence-electron chi connectivity index (χ1n) is 7.17. The SMILES string of the molecule is CC(=O)N(CC(=O)NCc1ccncc1)c1ccc(Br)c(C)c1. The molecule has 0 atom stereocenters. The summed E-state index contributed by atoms with van der Waals surface area (Å²) in [4.78, 5) is 29.4. The average Bonchev–Trinajstić information content (AvgIpc) is 2.54. The van der Waals surface area contributed by atoms with Gasteiger partial charge in [-0.25, -0.2) is 0 Å². The number of aryl methyl sites for hydroxylation is 1. The Hall–Kier alpha value is -2.21. The topological polar surface area (TPSA) is 62.3 Å². The van der Waals surface area contributed by atoms with Crippen molar-refractivity contribution in [3.05, 3.63) is 58.3 Å². The number of nitrogens with zero attached hydrogens (tertiary/aromatic N) is 2. The maximum Gasteiger partial charge on any atom is 0.240 e. The number of nitrogens with one attached hydrogen (secondary N) is 1. The highest BCUT2D eigenvalue weighted by Crippen LogP contribution is 2.23. The van der Waals surface area contributed by atoms with E-state index in [1.165, 1.54) is 11.8 Å². The fraction of sp³-hybridized carbons (Fsp3) is 0.235. The standard InChI is InChI=1S/C17H18BrN3O2/c1-12-9-15(3-4-16(12)18)21(13(2)22)11-17(23)20-10-14-5-7-19-8-6-14/h3-9H,10-11H2,1-2H3,(H,20,23). The molecule has 0 radical (unpaired) electrons. The smallest absolute Gasteiger partial charge is 0.240 e. The second kappa shape index (κ2) is 7.87. The predicted molar refractivity (Wildman–Crippen MR) is 93.0 cm³/mol. The number of benzene rings is 1. The highest BCUT2D eigenvalue weighted by Gasteiger charge is 2.16. The number of amides is 2. The summed E-state index contributed by atoms with van der Waals surface area (Å²) in [6.07, 6.45) is 3.35. The van der Waals surface area contributed by atoms with E-state index in [9.17, 15) is 9.59 Å². The van der Waals surface area contributed by atoms with E-state index in [1.807, 2.05) is 37.3 Å². The lowest BCUT2D eigenvalue weighted by molar-refractivity contribution is -0.123. The minimum absolute atomic E-state index is 0.0124. The molecule has 2 aromatic rings. The molecule has 0 aliphatic heterocycles. The molecule has 1 aromatic carbocycles. The molecule has 23 heavy (non-hydrogen) atoms. The molecule has 1 N–H and O–H groups in total. The molecule has 5 nitrogen and oxygen atoms in total. The van der Waals surface area contributed by atoms with E-state index in [0.717, 1.165) is 15.6 Å². The Balaban J connectivity index is 2.02. The van der Waals surface area contributed by atoms with Crippen molar-refractivity contribution >= 4 is 33.4 Å². The van der Waals surface area contributed by atoms with Crippen molar-refractivity contribution in [1.29, 1.82) is 0 Å². The fourth-order valence-corrected chi connectivity index (χ4v) is 2.33. The maximum atomic E-state index is 12.1. The van der Waals surface area contributed by atoms with Gasteiger partial charge in [-0.2, -0.15) is 0 Å². The number of rotatable bonds is 5. The minimum Gasteiger partial charge on any atom is -0.350 e. The Morgan fingerprint density at radius 2 is 1.91 bits per heavy atom. The van der Waals surface area contributed by atoms with Crippen molar-refractivity contribution in [2.45, 2.75) is 20.4 Å². The third kappa shape index (κ3) is 4.89. The van der Waals surface area contributed by atoms with Gasteiger partial charge >= 0.3 is 0 Å². The van der Waals surface area contributed by atoms with Gasteiger partial charge in [-0.05, 0) is 48.4 Å². The van der Waals surface area contributed by atoms with Crippen LogP contribution < -0.4 is 10.2 Å². The molecule has 120 valence electrons. The zero-order chi connectivity index (χ0) is 16.8. The quantitative estimate of drug-likeness (QED) is 0.873. The van der Waals surface area contributed by atoms with Crippen LogP contribution in [0.15, 0.2) is 47.2 Å². The summed E-state index contributed by atoms with van der Waals surface area (Å²) in [5.74, 6) is -0.386. The molecule has 0 spiro atoms. The molecule has 6 heteroatoms. The first kappa shape index (κ1) is 17.1. The van der Waals surface area contributed by atoms with Gasteiger partial charge in [-0.3, -0.25) is 14.6 Å². The van der Waals surface area contributed by atoms with Crippen molar-refractivity contribution in [2.24, 2.45) is 0 Å². The van der Waals surface area contributed by atoms with Crippen LogP contribution in [0.1, 0.15) is 18.1 Å². The van der Waals surface area contributed by atoms with E-state index in [0.29, 0.717) is 12.2 Å². The largest absolute Gasteiger partial charge is 0.350 e. The number of pyridine rings is 1. The molecule has 0 bridgehead atoms. The maximum absolute atomic E-state index is 12.1. The number of halogens is 1. The second-order valence-electron chi connectivity index (χ2n) is 5.17. The molecule has 2 rings (SSSR count). The van der Waals surface area contributed by atoms with E-state index < -0.39 is 0 Å². The molecular weight excluding hydrogens is 358 g/mol. The van der Waals surface area contributed by atoms with Crippen LogP contribution in [0.3, 0.4) is 0 Å². The molecule has 0 aliphatic rings. The van der Waals surface area contributed by atoms with Crippen molar-refractivity contribution in [3.63, 3.8) is 0 Å². The first-order chi connectivity index (χ1) is 11.0. The van der Waals surface area contributed by atoms with Gasteiger partial charge in [0.25, 0.3) is 0 Å². The summed E-state index contributed by atoms with van der Waals surface area (Å²) < 4.78 is 0.965. The van der Waals surface area contributed by atoms with Gasteiger partial charge < -0.3 is 10.2 Å². The average molecular weight is 376 g/mol. The van der Waals surface area contributed by atoms with Crippen LogP contribution in [0.5, 0.6) is 0 Å². The Kier molecular flexibility index (Phi) is 5.87. The number of carbonyl (C=O) groups is 2. The van der Waals surface area contributed by atoms with Crippen LogP contribution in [-0.4, -0.2) is 23.3 Å². The molecule has 0 unspecified atom stereocenters. The molecular formula is C17H18BrN3O2. The van der Waals surface area contributed by atoms with E-state index in [-0.39, 0.29) is 18.4 Å². The van der Waals surface area contributed by atoms with Crippen LogP contribution >= 0.6 is 15.9 Å². The van der Waals surface area contributed by atoms with Crippen molar-refractivity contribution in [2.75, 3.05) is 11.4 Å². The summed E-state index contributed by atoms with van der Waals surface area (Å²) in [5.41, 5.74) is 2.67. The summed E-state index contributed by atoms with van der Waals surface area (Å²) in [5, 5.41) is 2.81. The summed E-state index contributed by atoms with van der Waals surface area (Å²) >= 11 is 3.43. The van der Waals surface area contributed by atoms with Gasteiger partial charge in [-0.1, -0.05) is 15.9 Å². The summed E-state index contributed by atoms with van der Waals surface area (Å²) in [6.45, 7) is 3.79. The molecule has 0 aliphatic carbocycles. The first-order valence-corrected chi connectivity index (χ1v) is 7.96. The van der Waals surface area contributed by atoms with Gasteiger partial charge in [-0.15, -0.1) is 0 Å². The van der Waals surface area contributed by atoms with Gasteiger partial charge in [0.05, 0.1) is 0 Å². The number of carbonyl (C=O) groups excluding carboxylic acids is 2. The molecule has 0 fully saturated rings. The van der Waals surface area contributed by atoms with Crippen LogP contribution in [0.2, 0.25) is 0 Å². The van der Waals surface area contributed by atoms with Crippen LogP contribution in [0, 0.1) is 6.92 Å². The Bertz CT molecular complexity index is 704. The summed E-state index contributed by atoms with van der Waals surface area (Å²) in [7, 11) is 0. The number of anilines is 1. The van der Waals surface area contributed by atoms with Crippen molar-refractivity contribution in [1.82, 2.24) is 10.3 Å². The fourth-order valence-electron chi connectivity index (χ4n) is 2.08. The monoisotopic (exact) mass is 375 g/mol. The second-order valence-corrected chi connectivity index (χ2v) is 6.03. The molecule has 0 saturated heterocycles. The van der Waals surface area contributed by atoms with Crippen molar-refractivity contribution < 1.29 is 9.59 Å². The van der Waals surface area contributed by atoms with Gasteiger partial charge in [0.2, 0.25) is 11.8 Å². The van der Waals surface area contributed by atoms with E-state index in [1.54, 1.807) is 12.4 Å². The lowest BCUT2D eigenvalue weighted by atomic mass is 10.2. The van der Waals surface area contributed by atoms with Gasteiger partial charge in [0.15, 0.2) is 0 Å².